The molecule has 0 bridgehead atoms. The van der Waals surface area contributed by atoms with E-state index in [1.165, 1.54) is 25.7 Å². The molecule has 0 amide bonds. The first kappa shape index (κ1) is 15.0. The lowest BCUT2D eigenvalue weighted by Gasteiger charge is -2.36. The lowest BCUT2D eigenvalue weighted by atomic mass is 9.86. The Morgan fingerprint density at radius 3 is 2.89 bits per heavy atom. The van der Waals surface area contributed by atoms with E-state index in [0.717, 1.165) is 16.8 Å². The fourth-order valence-corrected chi connectivity index (χ4v) is 3.66. The highest BCUT2D eigenvalue weighted by Crippen LogP contribution is 2.31. The molecule has 2 atom stereocenters. The highest BCUT2D eigenvalue weighted by molar-refractivity contribution is 8.13. The van der Waals surface area contributed by atoms with Crippen molar-refractivity contribution in [1.29, 1.82) is 0 Å². The van der Waals surface area contributed by atoms with Crippen LogP contribution in [0.5, 0.6) is 0 Å². The number of halogens is 3. The van der Waals surface area contributed by atoms with E-state index < -0.39 is 12.8 Å². The maximum Gasteiger partial charge on any atom is 0.411 e. The number of alkyl halides is 3. The smallest absolute Gasteiger partial charge is 0.370 e. The Hall–Kier alpha value is -0.430. The molecule has 110 valence electrons. The van der Waals surface area contributed by atoms with Crippen LogP contribution in [0.25, 0.3) is 0 Å². The van der Waals surface area contributed by atoms with Gasteiger partial charge in [0.1, 0.15) is 6.61 Å². The van der Waals surface area contributed by atoms with Crippen molar-refractivity contribution in [2.24, 2.45) is 10.9 Å². The normalized spacial score (nSPS) is 29.9. The first-order valence-corrected chi connectivity index (χ1v) is 7.61. The molecule has 0 aromatic carbocycles. The summed E-state index contributed by atoms with van der Waals surface area (Å²) in [6.45, 7) is -0.898. The third-order valence-corrected chi connectivity index (χ3v) is 4.52. The zero-order chi connectivity index (χ0) is 13.7. The van der Waals surface area contributed by atoms with E-state index in [1.807, 2.05) is 0 Å². The Balaban J connectivity index is 1.66. The van der Waals surface area contributed by atoms with Crippen LogP contribution in [-0.4, -0.2) is 42.9 Å². The highest BCUT2D eigenvalue weighted by atomic mass is 32.2. The number of hydrogen-bond donors (Lipinski definition) is 1. The summed E-state index contributed by atoms with van der Waals surface area (Å²) in [5.74, 6) is 1.79. The fourth-order valence-electron chi connectivity index (χ4n) is 2.47. The van der Waals surface area contributed by atoms with Crippen molar-refractivity contribution in [2.45, 2.75) is 37.9 Å². The maximum atomic E-state index is 11.8. The van der Waals surface area contributed by atoms with Gasteiger partial charge in [-0.15, -0.1) is 0 Å². The van der Waals surface area contributed by atoms with Gasteiger partial charge in [-0.2, -0.15) is 13.2 Å². The van der Waals surface area contributed by atoms with Crippen LogP contribution in [0.2, 0.25) is 0 Å². The van der Waals surface area contributed by atoms with Crippen molar-refractivity contribution >= 4 is 16.9 Å². The first-order chi connectivity index (χ1) is 9.04. The highest BCUT2D eigenvalue weighted by Gasteiger charge is 2.30. The molecule has 0 aromatic heterocycles. The lowest BCUT2D eigenvalue weighted by Crippen LogP contribution is -2.46. The number of hydrogen-bond acceptors (Lipinski definition) is 3. The molecule has 2 rings (SSSR count). The molecule has 1 N–H and O–H groups in total. The van der Waals surface area contributed by atoms with Crippen molar-refractivity contribution in [3.63, 3.8) is 0 Å². The Kier molecular flexibility index (Phi) is 5.38. The van der Waals surface area contributed by atoms with Gasteiger partial charge in [0.2, 0.25) is 0 Å². The molecular weight excluding hydrogens is 277 g/mol. The predicted molar refractivity (Wildman–Crippen MR) is 70.5 cm³/mol. The van der Waals surface area contributed by atoms with E-state index in [1.54, 1.807) is 11.8 Å². The van der Waals surface area contributed by atoms with Gasteiger partial charge in [-0.25, -0.2) is 0 Å². The van der Waals surface area contributed by atoms with Gasteiger partial charge < -0.3 is 10.1 Å². The van der Waals surface area contributed by atoms with Crippen molar-refractivity contribution < 1.29 is 17.9 Å². The van der Waals surface area contributed by atoms with Gasteiger partial charge in [0.25, 0.3) is 0 Å². The molecular formula is C12H19F3N2OS. The zero-order valence-corrected chi connectivity index (χ0v) is 11.5. The molecule has 2 unspecified atom stereocenters. The standard InChI is InChI=1S/C12H19F3N2OS/c13-12(14,15)8-18-6-5-16-11-17-10-4-2-1-3-9(10)7-19-11/h9-10H,1-8H2,(H,16,17). The van der Waals surface area contributed by atoms with Crippen molar-refractivity contribution in [1.82, 2.24) is 5.32 Å². The van der Waals surface area contributed by atoms with Gasteiger partial charge in [0.05, 0.1) is 13.2 Å². The van der Waals surface area contributed by atoms with E-state index >= 15 is 0 Å². The zero-order valence-electron chi connectivity index (χ0n) is 10.7. The fraction of sp³-hybridized carbons (Fsp3) is 0.917. The maximum absolute atomic E-state index is 11.8. The van der Waals surface area contributed by atoms with Crippen LogP contribution in [0.15, 0.2) is 4.99 Å². The van der Waals surface area contributed by atoms with Gasteiger partial charge in [-0.3, -0.25) is 4.99 Å². The van der Waals surface area contributed by atoms with Gasteiger partial charge in [0, 0.05) is 11.8 Å². The summed E-state index contributed by atoms with van der Waals surface area (Å²) in [4.78, 5) is 4.27. The molecule has 0 aromatic rings. The monoisotopic (exact) mass is 296 g/mol. The van der Waals surface area contributed by atoms with Crippen LogP contribution >= 0.6 is 11.8 Å². The lowest BCUT2D eigenvalue weighted by molar-refractivity contribution is -0.173. The van der Waals surface area contributed by atoms with E-state index in [4.69, 9.17) is 0 Å². The molecule has 1 heterocycles. The summed E-state index contributed by atoms with van der Waals surface area (Å²) in [6, 6.07) is 0.504. The topological polar surface area (TPSA) is 33.6 Å². The largest absolute Gasteiger partial charge is 0.411 e. The molecule has 1 saturated heterocycles. The van der Waals surface area contributed by atoms with Crippen LogP contribution < -0.4 is 5.32 Å². The molecule has 1 aliphatic heterocycles. The minimum Gasteiger partial charge on any atom is -0.370 e. The summed E-state index contributed by atoms with van der Waals surface area (Å²) in [5, 5.41) is 4.26. The van der Waals surface area contributed by atoms with Crippen LogP contribution in [0.1, 0.15) is 25.7 Å². The molecule has 3 nitrogen and oxygen atoms in total. The van der Waals surface area contributed by atoms with Gasteiger partial charge in [0.15, 0.2) is 5.17 Å². The summed E-state index contributed by atoms with van der Waals surface area (Å²) < 4.78 is 40.1. The van der Waals surface area contributed by atoms with E-state index in [2.05, 4.69) is 15.0 Å². The number of ether oxygens (including phenoxy) is 1. The van der Waals surface area contributed by atoms with Crippen LogP contribution in [0, 0.1) is 5.92 Å². The first-order valence-electron chi connectivity index (χ1n) is 6.63. The molecule has 0 radical (unpaired) electrons. The summed E-state index contributed by atoms with van der Waals surface area (Å²) in [5.41, 5.74) is 0. The number of rotatable bonds is 4. The van der Waals surface area contributed by atoms with Crippen LogP contribution in [-0.2, 0) is 4.74 Å². The third-order valence-electron chi connectivity index (χ3n) is 3.41. The van der Waals surface area contributed by atoms with Crippen LogP contribution in [0.4, 0.5) is 13.2 Å². The molecule has 2 aliphatic rings. The van der Waals surface area contributed by atoms with Gasteiger partial charge in [-0.1, -0.05) is 24.6 Å². The minimum absolute atomic E-state index is 0.0132. The average molecular weight is 296 g/mol. The second-order valence-corrected chi connectivity index (χ2v) is 5.97. The Bertz CT molecular complexity index is 323. The van der Waals surface area contributed by atoms with Crippen LogP contribution in [0.3, 0.4) is 0 Å². The number of thioether (sulfide) groups is 1. The second-order valence-electron chi connectivity index (χ2n) is 4.96. The van der Waals surface area contributed by atoms with E-state index in [9.17, 15) is 13.2 Å². The van der Waals surface area contributed by atoms with Crippen molar-refractivity contribution in [2.75, 3.05) is 25.5 Å². The summed E-state index contributed by atoms with van der Waals surface area (Å²) in [7, 11) is 0. The molecule has 2 fully saturated rings. The molecule has 19 heavy (non-hydrogen) atoms. The number of nitrogens with zero attached hydrogens (tertiary/aromatic N) is 1. The summed E-state index contributed by atoms with van der Waals surface area (Å²) >= 11 is 1.67. The molecule has 7 heteroatoms. The third kappa shape index (κ3) is 5.22. The average Bonchev–Trinajstić information content (AvgIpc) is 2.37. The van der Waals surface area contributed by atoms with E-state index in [-0.39, 0.29) is 13.2 Å². The predicted octanol–water partition coefficient (Wildman–Crippen LogP) is 2.82. The number of amidine groups is 1. The van der Waals surface area contributed by atoms with E-state index in [0.29, 0.717) is 6.04 Å². The molecule has 1 saturated carbocycles. The van der Waals surface area contributed by atoms with Gasteiger partial charge in [-0.05, 0) is 18.8 Å². The molecule has 0 spiro atoms. The number of nitrogens with one attached hydrogen (secondary N) is 1. The SMILES string of the molecule is FC(F)(F)COCCN=C1NC2CCCCC2CS1. The quantitative estimate of drug-likeness (QED) is 0.810. The van der Waals surface area contributed by atoms with Gasteiger partial charge >= 0.3 is 6.18 Å². The second kappa shape index (κ2) is 6.83. The molecule has 1 aliphatic carbocycles. The Labute approximate surface area is 115 Å². The van der Waals surface area contributed by atoms with Crippen molar-refractivity contribution in [3.05, 3.63) is 0 Å². The summed E-state index contributed by atoms with van der Waals surface area (Å²) in [6.07, 6.45) is 0.754. The Morgan fingerprint density at radius 2 is 2.11 bits per heavy atom. The van der Waals surface area contributed by atoms with Crippen molar-refractivity contribution in [3.8, 4) is 0 Å². The Morgan fingerprint density at radius 1 is 1.32 bits per heavy atom. The number of aliphatic imine (C=N–C) groups is 1. The minimum atomic E-state index is -4.25. The number of fused-ring (bicyclic) bond motifs is 1.